The van der Waals surface area contributed by atoms with Crippen molar-refractivity contribution in [2.45, 2.75) is 4.90 Å². The number of rotatable bonds is 7. The highest BCUT2D eigenvalue weighted by Crippen LogP contribution is 2.32. The number of amides is 1. The molecule has 3 aromatic carbocycles. The van der Waals surface area contributed by atoms with Gasteiger partial charge in [-0.05, 0) is 42.5 Å². The van der Waals surface area contributed by atoms with Crippen LogP contribution in [0.3, 0.4) is 0 Å². The molecule has 6 nitrogen and oxygen atoms in total. The molecule has 3 rings (SSSR count). The molecule has 29 heavy (non-hydrogen) atoms. The van der Waals surface area contributed by atoms with E-state index >= 15 is 0 Å². The summed E-state index contributed by atoms with van der Waals surface area (Å²) in [4.78, 5) is 12.6. The number of anilines is 2. The Balaban J connectivity index is 1.98. The first kappa shape index (κ1) is 20.3. The van der Waals surface area contributed by atoms with Gasteiger partial charge in [0.1, 0.15) is 18.1 Å². The monoisotopic (exact) mass is 414 g/mol. The Hall–Kier alpha value is -3.39. The van der Waals surface area contributed by atoms with Crippen molar-refractivity contribution < 1.29 is 22.3 Å². The second kappa shape index (κ2) is 8.74. The summed E-state index contributed by atoms with van der Waals surface area (Å²) in [5.74, 6) is -0.840. The average Bonchev–Trinajstić information content (AvgIpc) is 2.72. The third kappa shape index (κ3) is 4.72. The van der Waals surface area contributed by atoms with Crippen molar-refractivity contribution in [3.63, 3.8) is 0 Å². The molecule has 1 N–H and O–H groups in total. The van der Waals surface area contributed by atoms with Crippen LogP contribution in [0.5, 0.6) is 5.75 Å². The van der Waals surface area contributed by atoms with Gasteiger partial charge >= 0.3 is 0 Å². The van der Waals surface area contributed by atoms with Gasteiger partial charge in [0.25, 0.3) is 10.0 Å². The molecule has 0 heterocycles. The van der Waals surface area contributed by atoms with Gasteiger partial charge < -0.3 is 10.1 Å². The zero-order valence-electron chi connectivity index (χ0n) is 15.6. The molecule has 0 aliphatic heterocycles. The van der Waals surface area contributed by atoms with Crippen LogP contribution < -0.4 is 14.4 Å². The lowest BCUT2D eigenvalue weighted by molar-refractivity contribution is -0.114. The van der Waals surface area contributed by atoms with E-state index < -0.39 is 28.3 Å². The Bertz CT molecular complexity index is 1100. The van der Waals surface area contributed by atoms with Crippen LogP contribution in [-0.2, 0) is 14.8 Å². The minimum atomic E-state index is -4.06. The Morgan fingerprint density at radius 3 is 2.38 bits per heavy atom. The third-order valence-corrected chi connectivity index (χ3v) is 5.85. The number of methoxy groups -OCH3 is 1. The molecule has 8 heteroatoms. The first-order valence-electron chi connectivity index (χ1n) is 8.68. The molecule has 0 saturated carbocycles. The molecule has 0 saturated heterocycles. The highest BCUT2D eigenvalue weighted by molar-refractivity contribution is 7.92. The summed E-state index contributed by atoms with van der Waals surface area (Å²) in [6.45, 7) is -0.520. The van der Waals surface area contributed by atoms with Gasteiger partial charge in [-0.2, -0.15) is 0 Å². The van der Waals surface area contributed by atoms with Crippen LogP contribution in [-0.4, -0.2) is 28.0 Å². The quantitative estimate of drug-likeness (QED) is 0.640. The number of benzene rings is 3. The van der Waals surface area contributed by atoms with Gasteiger partial charge in [-0.1, -0.05) is 36.4 Å². The summed E-state index contributed by atoms with van der Waals surface area (Å²) in [7, 11) is -2.65. The maximum atomic E-state index is 13.4. The fraction of sp³-hybridized carbons (Fsp3) is 0.0952. The molecule has 0 atom stereocenters. The molecular formula is C21H19FN2O4S. The Labute approximate surface area is 168 Å². The minimum absolute atomic E-state index is 0.0319. The first-order valence-corrected chi connectivity index (χ1v) is 10.1. The molecular weight excluding hydrogens is 395 g/mol. The van der Waals surface area contributed by atoms with E-state index in [2.05, 4.69) is 5.32 Å². The lowest BCUT2D eigenvalue weighted by Crippen LogP contribution is -2.38. The molecule has 3 aromatic rings. The zero-order valence-corrected chi connectivity index (χ0v) is 16.4. The van der Waals surface area contributed by atoms with Crippen molar-refractivity contribution in [3.05, 3.63) is 84.7 Å². The second-order valence-electron chi connectivity index (χ2n) is 6.06. The summed E-state index contributed by atoms with van der Waals surface area (Å²) in [6, 6.07) is 19.6. The Morgan fingerprint density at radius 1 is 1.00 bits per heavy atom. The van der Waals surface area contributed by atoms with E-state index in [1.807, 2.05) is 0 Å². The largest absolute Gasteiger partial charge is 0.495 e. The number of halogens is 1. The van der Waals surface area contributed by atoms with Crippen LogP contribution in [0, 0.1) is 5.82 Å². The summed E-state index contributed by atoms with van der Waals surface area (Å²) in [5, 5.41) is 2.52. The van der Waals surface area contributed by atoms with Crippen LogP contribution in [0.2, 0.25) is 0 Å². The van der Waals surface area contributed by atoms with E-state index in [0.29, 0.717) is 5.75 Å². The van der Waals surface area contributed by atoms with Crippen LogP contribution in [0.1, 0.15) is 0 Å². The number of carbonyl (C=O) groups is 1. The predicted octanol–water partition coefficient (Wildman–Crippen LogP) is 3.67. The number of nitrogens with one attached hydrogen (secondary N) is 1. The van der Waals surface area contributed by atoms with Gasteiger partial charge in [0.15, 0.2) is 0 Å². The van der Waals surface area contributed by atoms with Crippen LogP contribution in [0.4, 0.5) is 15.8 Å². The van der Waals surface area contributed by atoms with Gasteiger partial charge in [0.2, 0.25) is 5.91 Å². The number of para-hydroxylation sites is 2. The smallest absolute Gasteiger partial charge is 0.264 e. The maximum absolute atomic E-state index is 13.4. The van der Waals surface area contributed by atoms with Crippen molar-refractivity contribution in [3.8, 4) is 5.75 Å². The van der Waals surface area contributed by atoms with E-state index in [-0.39, 0.29) is 16.3 Å². The van der Waals surface area contributed by atoms with E-state index in [4.69, 9.17) is 4.74 Å². The second-order valence-corrected chi connectivity index (χ2v) is 7.92. The number of nitrogens with zero attached hydrogens (tertiary/aromatic N) is 1. The zero-order chi connectivity index (χ0) is 20.9. The van der Waals surface area contributed by atoms with E-state index in [0.717, 1.165) is 10.4 Å². The molecule has 0 aliphatic rings. The van der Waals surface area contributed by atoms with Gasteiger partial charge in [-0.15, -0.1) is 0 Å². The molecule has 0 aliphatic carbocycles. The maximum Gasteiger partial charge on any atom is 0.264 e. The Morgan fingerprint density at radius 2 is 1.69 bits per heavy atom. The molecule has 150 valence electrons. The highest BCUT2D eigenvalue weighted by Gasteiger charge is 2.29. The molecule has 0 radical (unpaired) electrons. The lowest BCUT2D eigenvalue weighted by Gasteiger charge is -2.25. The highest BCUT2D eigenvalue weighted by atomic mass is 32.2. The molecule has 0 fully saturated rings. The van der Waals surface area contributed by atoms with Crippen molar-refractivity contribution in [2.24, 2.45) is 0 Å². The standard InChI is InChI=1S/C21H19FN2O4S/c1-28-20-13-6-5-12-19(20)24(29(26,27)18-10-3-2-4-11-18)15-21(25)23-17-9-7-8-16(22)14-17/h2-14H,15H2,1H3,(H,23,25). The number of ether oxygens (including phenoxy) is 1. The van der Waals surface area contributed by atoms with Crippen molar-refractivity contribution >= 4 is 27.3 Å². The van der Waals surface area contributed by atoms with Gasteiger partial charge in [-0.3, -0.25) is 9.10 Å². The van der Waals surface area contributed by atoms with Crippen molar-refractivity contribution in [2.75, 3.05) is 23.3 Å². The van der Waals surface area contributed by atoms with E-state index in [1.54, 1.807) is 42.5 Å². The number of hydrogen-bond donors (Lipinski definition) is 1. The predicted molar refractivity (Wildman–Crippen MR) is 109 cm³/mol. The minimum Gasteiger partial charge on any atom is -0.495 e. The number of sulfonamides is 1. The molecule has 0 aromatic heterocycles. The number of carbonyl (C=O) groups excluding carboxylic acids is 1. The summed E-state index contributed by atoms with van der Waals surface area (Å²) >= 11 is 0. The van der Waals surface area contributed by atoms with Crippen LogP contribution in [0.25, 0.3) is 0 Å². The summed E-state index contributed by atoms with van der Waals surface area (Å²) in [6.07, 6.45) is 0. The van der Waals surface area contributed by atoms with Gasteiger partial charge in [0, 0.05) is 5.69 Å². The topological polar surface area (TPSA) is 75.7 Å². The van der Waals surface area contributed by atoms with E-state index in [9.17, 15) is 17.6 Å². The lowest BCUT2D eigenvalue weighted by atomic mass is 10.3. The van der Waals surface area contributed by atoms with Crippen LogP contribution in [0.15, 0.2) is 83.8 Å². The van der Waals surface area contributed by atoms with Crippen molar-refractivity contribution in [1.29, 1.82) is 0 Å². The molecule has 1 amide bonds. The first-order chi connectivity index (χ1) is 13.9. The number of hydrogen-bond acceptors (Lipinski definition) is 4. The van der Waals surface area contributed by atoms with Crippen molar-refractivity contribution in [1.82, 2.24) is 0 Å². The Kier molecular flexibility index (Phi) is 6.13. The summed E-state index contributed by atoms with van der Waals surface area (Å²) in [5.41, 5.74) is 0.445. The fourth-order valence-electron chi connectivity index (χ4n) is 2.75. The molecule has 0 unspecified atom stereocenters. The average molecular weight is 414 g/mol. The fourth-order valence-corrected chi connectivity index (χ4v) is 4.20. The summed E-state index contributed by atoms with van der Waals surface area (Å²) < 4.78 is 46.2. The third-order valence-electron chi connectivity index (χ3n) is 4.08. The van der Waals surface area contributed by atoms with E-state index in [1.165, 1.54) is 37.4 Å². The SMILES string of the molecule is COc1ccccc1N(CC(=O)Nc1cccc(F)c1)S(=O)(=O)c1ccccc1. The molecule has 0 bridgehead atoms. The normalized spacial score (nSPS) is 11.0. The molecule has 0 spiro atoms. The van der Waals surface area contributed by atoms with Crippen LogP contribution >= 0.6 is 0 Å². The van der Waals surface area contributed by atoms with Gasteiger partial charge in [-0.25, -0.2) is 12.8 Å². The van der Waals surface area contributed by atoms with Gasteiger partial charge in [0.05, 0.1) is 17.7 Å².